The molecule has 0 aliphatic rings. The van der Waals surface area contributed by atoms with Crippen LogP contribution in [0.1, 0.15) is 30.5 Å². The van der Waals surface area contributed by atoms with Crippen LogP contribution in [-0.2, 0) is 22.6 Å². The topological polar surface area (TPSA) is 83.2 Å². The number of benzene rings is 3. The molecule has 36 heavy (non-hydrogen) atoms. The molecule has 3 aromatic carbocycles. The highest BCUT2D eigenvalue weighted by molar-refractivity contribution is 5.97. The molecule has 1 aromatic heterocycles. The zero-order chi connectivity index (χ0) is 25.4. The Morgan fingerprint density at radius 1 is 0.944 bits per heavy atom. The molecular formula is C30H31N3O3. The van der Waals surface area contributed by atoms with Crippen molar-refractivity contribution < 1.29 is 14.3 Å². The molecule has 0 saturated carbocycles. The van der Waals surface area contributed by atoms with Crippen LogP contribution in [0.25, 0.3) is 17.0 Å². The van der Waals surface area contributed by atoms with Crippen LogP contribution >= 0.6 is 0 Å². The molecule has 1 heterocycles. The summed E-state index contributed by atoms with van der Waals surface area (Å²) >= 11 is 0. The van der Waals surface area contributed by atoms with Gasteiger partial charge in [0.05, 0.1) is 0 Å². The number of aromatic nitrogens is 1. The standard InChI is InChI=1S/C30H31N3O3/c1-30(2,29(35)31-19-18-24-20-32-27-11-7-6-10-26(24)27)33-28(34)17-14-22-12-15-25(16-13-22)36-21-23-8-4-3-5-9-23/h3-17,20,32H,18-19,21H2,1-2H3,(H,31,35)(H,33,34)/b17-14+. The molecular weight excluding hydrogens is 450 g/mol. The smallest absolute Gasteiger partial charge is 0.245 e. The first-order valence-corrected chi connectivity index (χ1v) is 12.0. The third-order valence-electron chi connectivity index (χ3n) is 5.91. The minimum absolute atomic E-state index is 0.232. The third kappa shape index (κ3) is 6.63. The van der Waals surface area contributed by atoms with E-state index in [9.17, 15) is 9.59 Å². The molecule has 6 nitrogen and oxygen atoms in total. The van der Waals surface area contributed by atoms with Crippen molar-refractivity contribution in [3.05, 3.63) is 108 Å². The molecule has 0 atom stereocenters. The van der Waals surface area contributed by atoms with Crippen molar-refractivity contribution in [2.24, 2.45) is 0 Å². The lowest BCUT2D eigenvalue weighted by atomic mass is 10.0. The lowest BCUT2D eigenvalue weighted by Gasteiger charge is -2.24. The summed E-state index contributed by atoms with van der Waals surface area (Å²) in [5.74, 6) is 0.186. The number of aromatic amines is 1. The Balaban J connectivity index is 1.23. The highest BCUT2D eigenvalue weighted by Crippen LogP contribution is 2.18. The summed E-state index contributed by atoms with van der Waals surface area (Å²) in [6, 6.07) is 25.5. The van der Waals surface area contributed by atoms with Crippen LogP contribution in [0, 0.1) is 0 Å². The largest absolute Gasteiger partial charge is 0.489 e. The van der Waals surface area contributed by atoms with Crippen LogP contribution < -0.4 is 15.4 Å². The second-order valence-corrected chi connectivity index (χ2v) is 9.16. The van der Waals surface area contributed by atoms with Gasteiger partial charge in [-0.1, -0.05) is 60.7 Å². The predicted molar refractivity (Wildman–Crippen MR) is 143 cm³/mol. The van der Waals surface area contributed by atoms with Crippen LogP contribution in [0.15, 0.2) is 91.1 Å². The monoisotopic (exact) mass is 481 g/mol. The Morgan fingerprint density at radius 2 is 1.67 bits per heavy atom. The van der Waals surface area contributed by atoms with Gasteiger partial charge in [0.2, 0.25) is 11.8 Å². The van der Waals surface area contributed by atoms with E-state index in [0.717, 1.165) is 33.3 Å². The fourth-order valence-corrected chi connectivity index (χ4v) is 3.86. The highest BCUT2D eigenvalue weighted by Gasteiger charge is 2.28. The number of nitrogens with one attached hydrogen (secondary N) is 3. The van der Waals surface area contributed by atoms with E-state index in [1.807, 2.05) is 79.0 Å². The minimum atomic E-state index is -1.04. The highest BCUT2D eigenvalue weighted by atomic mass is 16.5. The summed E-state index contributed by atoms with van der Waals surface area (Å²) in [4.78, 5) is 28.4. The molecule has 184 valence electrons. The Morgan fingerprint density at radius 3 is 2.44 bits per heavy atom. The average Bonchev–Trinajstić information content (AvgIpc) is 3.30. The SMILES string of the molecule is CC(C)(NC(=O)/C=C/c1ccc(OCc2ccccc2)cc1)C(=O)NCCc1c[nH]c2ccccc12. The number of H-pyrrole nitrogens is 1. The lowest BCUT2D eigenvalue weighted by Crippen LogP contribution is -2.54. The van der Waals surface area contributed by atoms with Gasteiger partial charge in [-0.05, 0) is 61.2 Å². The number of para-hydroxylation sites is 1. The molecule has 0 bridgehead atoms. The molecule has 0 saturated heterocycles. The third-order valence-corrected chi connectivity index (χ3v) is 5.91. The van der Waals surface area contributed by atoms with Gasteiger partial charge in [0, 0.05) is 29.7 Å². The number of hydrogen-bond donors (Lipinski definition) is 3. The van der Waals surface area contributed by atoms with Gasteiger partial charge in [-0.2, -0.15) is 0 Å². The molecule has 0 spiro atoms. The quantitative estimate of drug-likeness (QED) is 0.278. The molecule has 4 aromatic rings. The number of fused-ring (bicyclic) bond motifs is 1. The number of carbonyl (C=O) groups excluding carboxylic acids is 2. The van der Waals surface area contributed by atoms with Crippen molar-refractivity contribution in [2.75, 3.05) is 6.54 Å². The molecule has 0 unspecified atom stereocenters. The lowest BCUT2D eigenvalue weighted by molar-refractivity contribution is -0.130. The van der Waals surface area contributed by atoms with Crippen LogP contribution in [0.5, 0.6) is 5.75 Å². The first kappa shape index (κ1) is 24.8. The second kappa shape index (κ2) is 11.4. The summed E-state index contributed by atoms with van der Waals surface area (Å²) in [5, 5.41) is 6.86. The fourth-order valence-electron chi connectivity index (χ4n) is 3.86. The Kier molecular flexibility index (Phi) is 7.85. The Bertz CT molecular complexity index is 1340. The van der Waals surface area contributed by atoms with Gasteiger partial charge >= 0.3 is 0 Å². The number of carbonyl (C=O) groups is 2. The van der Waals surface area contributed by atoms with Crippen LogP contribution in [0.3, 0.4) is 0 Å². The van der Waals surface area contributed by atoms with E-state index in [1.165, 1.54) is 6.08 Å². The molecule has 2 amide bonds. The van der Waals surface area contributed by atoms with Gasteiger partial charge in [-0.25, -0.2) is 0 Å². The number of rotatable bonds is 10. The number of ether oxygens (including phenoxy) is 1. The Labute approximate surface area is 211 Å². The summed E-state index contributed by atoms with van der Waals surface area (Å²) < 4.78 is 5.79. The number of amides is 2. The number of hydrogen-bond acceptors (Lipinski definition) is 3. The van der Waals surface area contributed by atoms with E-state index >= 15 is 0 Å². The predicted octanol–water partition coefficient (Wildman–Crippen LogP) is 5.01. The first-order valence-electron chi connectivity index (χ1n) is 12.0. The van der Waals surface area contributed by atoms with Gasteiger partial charge in [0.25, 0.3) is 0 Å². The van der Waals surface area contributed by atoms with Crippen LogP contribution in [0.4, 0.5) is 0 Å². The first-order chi connectivity index (χ1) is 17.4. The van der Waals surface area contributed by atoms with Crippen molar-refractivity contribution in [1.82, 2.24) is 15.6 Å². The van der Waals surface area contributed by atoms with Crippen molar-refractivity contribution in [3.63, 3.8) is 0 Å². The van der Waals surface area contributed by atoms with E-state index in [4.69, 9.17) is 4.74 Å². The van der Waals surface area contributed by atoms with Gasteiger partial charge in [-0.3, -0.25) is 9.59 Å². The van der Waals surface area contributed by atoms with E-state index in [0.29, 0.717) is 19.6 Å². The van der Waals surface area contributed by atoms with Crippen LogP contribution in [0.2, 0.25) is 0 Å². The van der Waals surface area contributed by atoms with Crippen LogP contribution in [-0.4, -0.2) is 28.9 Å². The van der Waals surface area contributed by atoms with E-state index in [-0.39, 0.29) is 11.8 Å². The molecule has 0 aliphatic heterocycles. The maximum atomic E-state index is 12.7. The maximum Gasteiger partial charge on any atom is 0.245 e. The van der Waals surface area contributed by atoms with Crippen molar-refractivity contribution in [3.8, 4) is 5.75 Å². The van der Waals surface area contributed by atoms with Crippen molar-refractivity contribution in [2.45, 2.75) is 32.4 Å². The molecule has 4 rings (SSSR count). The van der Waals surface area contributed by atoms with Gasteiger partial charge in [-0.15, -0.1) is 0 Å². The molecule has 6 heteroatoms. The summed E-state index contributed by atoms with van der Waals surface area (Å²) in [6.07, 6.45) is 5.81. The minimum Gasteiger partial charge on any atom is -0.489 e. The molecule has 0 aliphatic carbocycles. The van der Waals surface area contributed by atoms with Gasteiger partial charge in [0.15, 0.2) is 0 Å². The van der Waals surface area contributed by atoms with E-state index < -0.39 is 5.54 Å². The molecule has 0 radical (unpaired) electrons. The van der Waals surface area contributed by atoms with Gasteiger partial charge < -0.3 is 20.4 Å². The van der Waals surface area contributed by atoms with E-state index in [2.05, 4.69) is 21.7 Å². The normalized spacial score (nSPS) is 11.5. The zero-order valence-electron chi connectivity index (χ0n) is 20.6. The molecule has 0 fully saturated rings. The van der Waals surface area contributed by atoms with Crippen molar-refractivity contribution >= 4 is 28.8 Å². The fraction of sp³-hybridized carbons (Fsp3) is 0.200. The summed E-state index contributed by atoms with van der Waals surface area (Å²) in [7, 11) is 0. The maximum absolute atomic E-state index is 12.7. The second-order valence-electron chi connectivity index (χ2n) is 9.16. The summed E-state index contributed by atoms with van der Waals surface area (Å²) in [6.45, 7) is 4.36. The zero-order valence-corrected chi connectivity index (χ0v) is 20.6. The van der Waals surface area contributed by atoms with E-state index in [1.54, 1.807) is 19.9 Å². The molecule has 3 N–H and O–H groups in total. The van der Waals surface area contributed by atoms with Gasteiger partial charge in [0.1, 0.15) is 17.9 Å². The summed E-state index contributed by atoms with van der Waals surface area (Å²) in [5.41, 5.74) is 3.14. The average molecular weight is 482 g/mol. The Hall–Kier alpha value is -4.32. The van der Waals surface area contributed by atoms with Crippen molar-refractivity contribution in [1.29, 1.82) is 0 Å².